The summed E-state index contributed by atoms with van der Waals surface area (Å²) in [5, 5.41) is 11.3. The third kappa shape index (κ3) is 3.63. The molecule has 4 rings (SSSR count). The van der Waals surface area contributed by atoms with Gasteiger partial charge < -0.3 is 19.0 Å². The standard InChI is InChI=1S/C24H27NO5/c1-15-17-9-10-20(26)19(14-25-11-5-4-6-12-25)23(17)30-24(27)22(15)18-8-7-16(28-2)13-21(18)29-3/h7-10,13,26H,4-6,11-12,14H2,1-3H3. The summed E-state index contributed by atoms with van der Waals surface area (Å²) < 4.78 is 16.6. The van der Waals surface area contributed by atoms with Crippen LogP contribution in [0, 0.1) is 6.92 Å². The highest BCUT2D eigenvalue weighted by Crippen LogP contribution is 2.37. The minimum atomic E-state index is -0.450. The van der Waals surface area contributed by atoms with Gasteiger partial charge in [-0.3, -0.25) is 4.90 Å². The predicted octanol–water partition coefficient (Wildman–Crippen LogP) is 4.48. The van der Waals surface area contributed by atoms with Crippen molar-refractivity contribution in [3.63, 3.8) is 0 Å². The Morgan fingerprint density at radius 1 is 1.07 bits per heavy atom. The molecule has 158 valence electrons. The molecule has 3 aromatic rings. The van der Waals surface area contributed by atoms with Gasteiger partial charge in [0, 0.05) is 23.6 Å². The van der Waals surface area contributed by atoms with Crippen molar-refractivity contribution in [2.45, 2.75) is 32.7 Å². The highest BCUT2D eigenvalue weighted by molar-refractivity contribution is 5.90. The van der Waals surface area contributed by atoms with E-state index in [1.165, 1.54) is 6.42 Å². The number of hydrogen-bond acceptors (Lipinski definition) is 6. The largest absolute Gasteiger partial charge is 0.507 e. The molecule has 2 aromatic carbocycles. The summed E-state index contributed by atoms with van der Waals surface area (Å²) >= 11 is 0. The van der Waals surface area contributed by atoms with E-state index in [0.29, 0.717) is 40.3 Å². The molecule has 0 spiro atoms. The van der Waals surface area contributed by atoms with Crippen molar-refractivity contribution in [2.75, 3.05) is 27.3 Å². The zero-order valence-corrected chi connectivity index (χ0v) is 17.7. The number of phenolic OH excluding ortho intramolecular Hbond substituents is 1. The summed E-state index contributed by atoms with van der Waals surface area (Å²) in [6.07, 6.45) is 3.53. The summed E-state index contributed by atoms with van der Waals surface area (Å²) in [6, 6.07) is 8.83. The molecule has 1 N–H and O–H groups in total. The van der Waals surface area contributed by atoms with Gasteiger partial charge in [0.15, 0.2) is 0 Å². The molecule has 1 fully saturated rings. The molecular weight excluding hydrogens is 382 g/mol. The van der Waals surface area contributed by atoms with Gasteiger partial charge in [-0.1, -0.05) is 6.42 Å². The van der Waals surface area contributed by atoms with Crippen LogP contribution in [0.2, 0.25) is 0 Å². The fourth-order valence-corrected chi connectivity index (χ4v) is 4.27. The highest BCUT2D eigenvalue weighted by atomic mass is 16.5. The molecule has 0 saturated carbocycles. The van der Waals surface area contributed by atoms with Crippen LogP contribution in [0.15, 0.2) is 39.5 Å². The minimum Gasteiger partial charge on any atom is -0.507 e. The monoisotopic (exact) mass is 409 g/mol. The van der Waals surface area contributed by atoms with E-state index in [9.17, 15) is 9.90 Å². The Kier molecular flexibility index (Phi) is 5.68. The van der Waals surface area contributed by atoms with Crippen LogP contribution >= 0.6 is 0 Å². The number of piperidine rings is 1. The van der Waals surface area contributed by atoms with E-state index >= 15 is 0 Å². The van der Waals surface area contributed by atoms with Crippen molar-refractivity contribution >= 4 is 11.0 Å². The molecule has 1 aliphatic rings. The van der Waals surface area contributed by atoms with Gasteiger partial charge in [0.2, 0.25) is 0 Å². The molecule has 0 amide bonds. The van der Waals surface area contributed by atoms with Gasteiger partial charge in [-0.2, -0.15) is 0 Å². The molecule has 1 aromatic heterocycles. The van der Waals surface area contributed by atoms with Gasteiger partial charge in [0.05, 0.1) is 25.3 Å². The van der Waals surface area contributed by atoms with Crippen LogP contribution in [0.3, 0.4) is 0 Å². The second-order valence-corrected chi connectivity index (χ2v) is 7.73. The quantitative estimate of drug-likeness (QED) is 0.627. The summed E-state index contributed by atoms with van der Waals surface area (Å²) in [5.41, 5.74) is 2.58. The molecular formula is C24H27NO5. The molecule has 2 heterocycles. The highest BCUT2D eigenvalue weighted by Gasteiger charge is 2.22. The molecule has 0 bridgehead atoms. The molecule has 0 unspecified atom stereocenters. The molecule has 0 aliphatic carbocycles. The van der Waals surface area contributed by atoms with Crippen molar-refractivity contribution in [3.8, 4) is 28.4 Å². The van der Waals surface area contributed by atoms with Gasteiger partial charge in [-0.15, -0.1) is 0 Å². The number of ether oxygens (including phenoxy) is 2. The third-order valence-electron chi connectivity index (χ3n) is 5.92. The maximum atomic E-state index is 13.1. The lowest BCUT2D eigenvalue weighted by atomic mass is 9.97. The summed E-state index contributed by atoms with van der Waals surface area (Å²) in [4.78, 5) is 15.4. The van der Waals surface area contributed by atoms with Crippen LogP contribution < -0.4 is 15.1 Å². The summed E-state index contributed by atoms with van der Waals surface area (Å²) in [6.45, 7) is 4.44. The number of methoxy groups -OCH3 is 2. The topological polar surface area (TPSA) is 72.1 Å². The van der Waals surface area contributed by atoms with Crippen molar-refractivity contribution in [1.29, 1.82) is 0 Å². The molecule has 6 heteroatoms. The zero-order valence-electron chi connectivity index (χ0n) is 17.7. The molecule has 1 saturated heterocycles. The lowest BCUT2D eigenvalue weighted by Crippen LogP contribution is -2.29. The maximum absolute atomic E-state index is 13.1. The van der Waals surface area contributed by atoms with E-state index in [0.717, 1.165) is 36.9 Å². The number of fused-ring (bicyclic) bond motifs is 1. The van der Waals surface area contributed by atoms with E-state index in [1.807, 2.05) is 13.0 Å². The van der Waals surface area contributed by atoms with Gasteiger partial charge >= 0.3 is 5.63 Å². The number of phenols is 1. The van der Waals surface area contributed by atoms with E-state index < -0.39 is 5.63 Å². The van der Waals surface area contributed by atoms with E-state index in [4.69, 9.17) is 13.9 Å². The normalized spacial score (nSPS) is 14.8. The van der Waals surface area contributed by atoms with E-state index in [2.05, 4.69) is 4.90 Å². The predicted molar refractivity (Wildman–Crippen MR) is 117 cm³/mol. The first-order valence-electron chi connectivity index (χ1n) is 10.3. The smallest absolute Gasteiger partial charge is 0.344 e. The first-order valence-corrected chi connectivity index (χ1v) is 10.3. The SMILES string of the molecule is COc1ccc(-c2c(C)c3ccc(O)c(CN4CCCCC4)c3oc2=O)c(OC)c1. The maximum Gasteiger partial charge on any atom is 0.344 e. The van der Waals surface area contributed by atoms with Crippen LogP contribution in [-0.2, 0) is 6.54 Å². The van der Waals surface area contributed by atoms with Gasteiger partial charge in [-0.05, 0) is 62.7 Å². The average molecular weight is 409 g/mol. The average Bonchev–Trinajstić information content (AvgIpc) is 2.76. The van der Waals surface area contributed by atoms with Crippen molar-refractivity contribution in [1.82, 2.24) is 4.90 Å². The fourth-order valence-electron chi connectivity index (χ4n) is 4.27. The fraction of sp³-hybridized carbons (Fsp3) is 0.375. The van der Waals surface area contributed by atoms with Gasteiger partial charge in [0.25, 0.3) is 0 Å². The first kappa shape index (κ1) is 20.3. The molecule has 0 radical (unpaired) electrons. The van der Waals surface area contributed by atoms with Crippen molar-refractivity contribution in [2.24, 2.45) is 0 Å². The molecule has 1 aliphatic heterocycles. The second-order valence-electron chi connectivity index (χ2n) is 7.73. The Morgan fingerprint density at radius 2 is 1.83 bits per heavy atom. The van der Waals surface area contributed by atoms with Crippen LogP contribution in [0.25, 0.3) is 22.1 Å². The van der Waals surface area contributed by atoms with Gasteiger partial charge in [-0.25, -0.2) is 4.79 Å². The number of hydrogen-bond donors (Lipinski definition) is 1. The lowest BCUT2D eigenvalue weighted by molar-refractivity contribution is 0.218. The van der Waals surface area contributed by atoms with E-state index in [-0.39, 0.29) is 5.75 Å². The molecule has 6 nitrogen and oxygen atoms in total. The first-order chi connectivity index (χ1) is 14.5. The zero-order chi connectivity index (χ0) is 21.3. The van der Waals surface area contributed by atoms with Crippen molar-refractivity contribution < 1.29 is 19.0 Å². The Balaban J connectivity index is 1.87. The van der Waals surface area contributed by atoms with E-state index in [1.54, 1.807) is 38.5 Å². The number of rotatable bonds is 5. The summed E-state index contributed by atoms with van der Waals surface area (Å²) in [5.74, 6) is 1.34. The molecule has 30 heavy (non-hydrogen) atoms. The van der Waals surface area contributed by atoms with Gasteiger partial charge in [0.1, 0.15) is 22.8 Å². The summed E-state index contributed by atoms with van der Waals surface area (Å²) in [7, 11) is 3.14. The second kappa shape index (κ2) is 8.40. The Bertz CT molecular complexity index is 1130. The number of aromatic hydroxyl groups is 1. The van der Waals surface area contributed by atoms with Crippen LogP contribution in [0.5, 0.6) is 17.2 Å². The number of likely N-dealkylation sites (tertiary alicyclic amines) is 1. The number of nitrogens with zero attached hydrogens (tertiary/aromatic N) is 1. The van der Waals surface area contributed by atoms with Crippen LogP contribution in [0.4, 0.5) is 0 Å². The lowest BCUT2D eigenvalue weighted by Gasteiger charge is -2.27. The van der Waals surface area contributed by atoms with Crippen LogP contribution in [0.1, 0.15) is 30.4 Å². The van der Waals surface area contributed by atoms with Crippen LogP contribution in [-0.4, -0.2) is 37.3 Å². The Morgan fingerprint density at radius 3 is 2.53 bits per heavy atom. The number of benzene rings is 2. The Hall–Kier alpha value is -2.99. The number of aryl methyl sites for hydroxylation is 1. The third-order valence-corrected chi connectivity index (χ3v) is 5.92. The minimum absolute atomic E-state index is 0.158. The Labute approximate surface area is 175 Å². The molecule has 0 atom stereocenters. The van der Waals surface area contributed by atoms with Crippen molar-refractivity contribution in [3.05, 3.63) is 51.9 Å².